The zero-order chi connectivity index (χ0) is 12.0. The minimum Gasteiger partial charge on any atom is -0.306 e. The number of ketones is 1. The van der Waals surface area contributed by atoms with Crippen molar-refractivity contribution >= 4 is 22.2 Å². The number of hydrogen-bond acceptors (Lipinski definition) is 2. The Labute approximate surface area is 98.7 Å². The molecule has 0 amide bonds. The topological polar surface area (TPSA) is 34.4 Å². The van der Waals surface area contributed by atoms with E-state index in [1.165, 1.54) is 12.5 Å². The average Bonchev–Trinajstić information content (AvgIpc) is 2.73. The zero-order valence-corrected chi connectivity index (χ0v) is 9.77. The molecule has 0 N–H and O–H groups in total. The van der Waals surface area contributed by atoms with E-state index in [0.29, 0.717) is 5.69 Å². The fraction of sp³-hybridized carbons (Fsp3) is 0.143. The molecule has 0 saturated carbocycles. The van der Waals surface area contributed by atoms with Gasteiger partial charge in [-0.15, -0.1) is 0 Å². The highest BCUT2D eigenvalue weighted by molar-refractivity contribution is 5.99. The van der Waals surface area contributed by atoms with Crippen molar-refractivity contribution in [2.24, 2.45) is 0 Å². The Morgan fingerprint density at radius 2 is 2.12 bits per heavy atom. The summed E-state index contributed by atoms with van der Waals surface area (Å²) in [6, 6.07) is 8.19. The highest BCUT2D eigenvalue weighted by Gasteiger charge is 2.09. The second kappa shape index (κ2) is 3.42. The van der Waals surface area contributed by atoms with Crippen molar-refractivity contribution in [3.8, 4) is 0 Å². The number of pyridine rings is 1. The smallest absolute Gasteiger partial charge is 0.179 e. The van der Waals surface area contributed by atoms with Gasteiger partial charge in [-0.1, -0.05) is 18.2 Å². The molecule has 3 rings (SSSR count). The van der Waals surface area contributed by atoms with Crippen LogP contribution in [0.5, 0.6) is 0 Å². The standard InChI is InChI=1S/C14H12N2O/c1-9-4-3-5-11-6-7-16-8-12(10(2)17)15-14(16)13(9)11/h3-8H,1-2H3. The molecule has 3 aromatic rings. The first-order valence-electron chi connectivity index (χ1n) is 5.55. The molecule has 0 radical (unpaired) electrons. The Morgan fingerprint density at radius 3 is 2.88 bits per heavy atom. The molecular formula is C14H12N2O. The molecule has 3 heteroatoms. The van der Waals surface area contributed by atoms with Crippen LogP contribution in [0.25, 0.3) is 16.4 Å². The number of aryl methyl sites for hydroxylation is 1. The van der Waals surface area contributed by atoms with Gasteiger partial charge in [0.1, 0.15) is 11.3 Å². The molecule has 0 aliphatic rings. The second-order valence-electron chi connectivity index (χ2n) is 4.27. The molecule has 0 spiro atoms. The fourth-order valence-corrected chi connectivity index (χ4v) is 2.16. The van der Waals surface area contributed by atoms with Crippen molar-refractivity contribution in [3.05, 3.63) is 47.9 Å². The van der Waals surface area contributed by atoms with E-state index in [1.54, 1.807) is 6.20 Å². The maximum Gasteiger partial charge on any atom is 0.179 e. The maximum absolute atomic E-state index is 11.4. The van der Waals surface area contributed by atoms with E-state index in [4.69, 9.17) is 0 Å². The van der Waals surface area contributed by atoms with Gasteiger partial charge in [-0.3, -0.25) is 4.79 Å². The summed E-state index contributed by atoms with van der Waals surface area (Å²) in [5.74, 6) is -0.00423. The number of benzene rings is 1. The molecule has 0 fully saturated rings. The summed E-state index contributed by atoms with van der Waals surface area (Å²) < 4.78 is 1.91. The van der Waals surface area contributed by atoms with Crippen LogP contribution in [0.15, 0.2) is 36.7 Å². The largest absolute Gasteiger partial charge is 0.306 e. The third-order valence-corrected chi connectivity index (χ3v) is 3.04. The van der Waals surface area contributed by atoms with E-state index >= 15 is 0 Å². The monoisotopic (exact) mass is 224 g/mol. The van der Waals surface area contributed by atoms with Gasteiger partial charge in [0.15, 0.2) is 5.78 Å². The Balaban J connectivity index is 2.50. The average molecular weight is 224 g/mol. The number of carbonyl (C=O) groups is 1. The molecule has 84 valence electrons. The number of Topliss-reactive ketones (excluding diaryl/α,β-unsaturated/α-hetero) is 1. The molecule has 0 saturated heterocycles. The lowest BCUT2D eigenvalue weighted by Gasteiger charge is -2.03. The number of carbonyl (C=O) groups excluding carboxylic acids is 1. The van der Waals surface area contributed by atoms with E-state index in [0.717, 1.165) is 16.4 Å². The quantitative estimate of drug-likeness (QED) is 0.595. The van der Waals surface area contributed by atoms with Gasteiger partial charge in [0.25, 0.3) is 0 Å². The van der Waals surface area contributed by atoms with Crippen molar-refractivity contribution < 1.29 is 4.79 Å². The lowest BCUT2D eigenvalue weighted by atomic mass is 10.1. The van der Waals surface area contributed by atoms with Crippen LogP contribution in [0, 0.1) is 6.92 Å². The second-order valence-corrected chi connectivity index (χ2v) is 4.27. The van der Waals surface area contributed by atoms with E-state index in [9.17, 15) is 4.79 Å². The summed E-state index contributed by atoms with van der Waals surface area (Å²) in [5, 5.41) is 2.26. The van der Waals surface area contributed by atoms with Gasteiger partial charge in [-0.25, -0.2) is 4.98 Å². The minimum absolute atomic E-state index is 0.00423. The highest BCUT2D eigenvalue weighted by atomic mass is 16.1. The summed E-state index contributed by atoms with van der Waals surface area (Å²) >= 11 is 0. The maximum atomic E-state index is 11.4. The summed E-state index contributed by atoms with van der Waals surface area (Å²) in [7, 11) is 0. The predicted octanol–water partition coefficient (Wildman–Crippen LogP) is 3.00. The lowest BCUT2D eigenvalue weighted by molar-refractivity contribution is 0.101. The number of imidazole rings is 1. The third-order valence-electron chi connectivity index (χ3n) is 3.04. The fourth-order valence-electron chi connectivity index (χ4n) is 2.16. The number of fused-ring (bicyclic) bond motifs is 3. The third kappa shape index (κ3) is 1.43. The Hall–Kier alpha value is -2.16. The van der Waals surface area contributed by atoms with Gasteiger partial charge in [-0.2, -0.15) is 0 Å². The van der Waals surface area contributed by atoms with Gasteiger partial charge in [0.2, 0.25) is 0 Å². The predicted molar refractivity (Wildman–Crippen MR) is 67.4 cm³/mol. The van der Waals surface area contributed by atoms with Crippen molar-refractivity contribution in [2.75, 3.05) is 0 Å². The van der Waals surface area contributed by atoms with E-state index in [2.05, 4.69) is 24.0 Å². The molecule has 2 aromatic heterocycles. The summed E-state index contributed by atoms with van der Waals surface area (Å²) in [4.78, 5) is 15.8. The molecule has 1 aromatic carbocycles. The molecule has 0 bridgehead atoms. The van der Waals surface area contributed by atoms with E-state index < -0.39 is 0 Å². The Kier molecular flexibility index (Phi) is 2.01. The molecule has 2 heterocycles. The molecule has 0 aliphatic carbocycles. The van der Waals surface area contributed by atoms with Crippen molar-refractivity contribution in [1.82, 2.24) is 9.38 Å². The van der Waals surface area contributed by atoms with Gasteiger partial charge >= 0.3 is 0 Å². The SMILES string of the molecule is CC(=O)c1cn2ccc3cccc(C)c3c2n1. The molecule has 0 unspecified atom stereocenters. The number of nitrogens with zero attached hydrogens (tertiary/aromatic N) is 2. The lowest BCUT2D eigenvalue weighted by Crippen LogP contribution is -1.90. The van der Waals surface area contributed by atoms with Crippen LogP contribution in [-0.2, 0) is 0 Å². The van der Waals surface area contributed by atoms with Crippen LogP contribution < -0.4 is 0 Å². The first-order valence-corrected chi connectivity index (χ1v) is 5.55. The Morgan fingerprint density at radius 1 is 1.29 bits per heavy atom. The zero-order valence-electron chi connectivity index (χ0n) is 9.77. The molecular weight excluding hydrogens is 212 g/mol. The summed E-state index contributed by atoms with van der Waals surface area (Å²) in [6.45, 7) is 3.60. The minimum atomic E-state index is -0.00423. The van der Waals surface area contributed by atoms with Crippen LogP contribution in [0.2, 0.25) is 0 Å². The Bertz CT molecular complexity index is 740. The van der Waals surface area contributed by atoms with Crippen LogP contribution >= 0.6 is 0 Å². The molecule has 0 aliphatic heterocycles. The van der Waals surface area contributed by atoms with Crippen molar-refractivity contribution in [3.63, 3.8) is 0 Å². The van der Waals surface area contributed by atoms with Crippen molar-refractivity contribution in [2.45, 2.75) is 13.8 Å². The van der Waals surface area contributed by atoms with Gasteiger partial charge in [0, 0.05) is 24.7 Å². The normalized spacial score (nSPS) is 11.2. The first kappa shape index (κ1) is 10.0. The van der Waals surface area contributed by atoms with Gasteiger partial charge in [-0.05, 0) is 23.9 Å². The van der Waals surface area contributed by atoms with Crippen LogP contribution in [0.4, 0.5) is 0 Å². The number of hydrogen-bond donors (Lipinski definition) is 0. The number of aromatic nitrogens is 2. The van der Waals surface area contributed by atoms with Crippen LogP contribution in [0.3, 0.4) is 0 Å². The van der Waals surface area contributed by atoms with Gasteiger partial charge < -0.3 is 4.40 Å². The van der Waals surface area contributed by atoms with Crippen molar-refractivity contribution in [1.29, 1.82) is 0 Å². The summed E-state index contributed by atoms with van der Waals surface area (Å²) in [5.41, 5.74) is 2.54. The molecule has 3 nitrogen and oxygen atoms in total. The molecule has 0 atom stereocenters. The van der Waals surface area contributed by atoms with Crippen LogP contribution in [0.1, 0.15) is 23.0 Å². The summed E-state index contributed by atoms with van der Waals surface area (Å²) in [6.07, 6.45) is 3.72. The molecule has 17 heavy (non-hydrogen) atoms. The van der Waals surface area contributed by atoms with E-state index in [-0.39, 0.29) is 5.78 Å². The number of rotatable bonds is 1. The highest BCUT2D eigenvalue weighted by Crippen LogP contribution is 2.23. The van der Waals surface area contributed by atoms with Crippen LogP contribution in [-0.4, -0.2) is 15.2 Å². The van der Waals surface area contributed by atoms with Gasteiger partial charge in [0.05, 0.1) is 0 Å². The van der Waals surface area contributed by atoms with E-state index in [1.807, 2.05) is 22.7 Å². The first-order chi connectivity index (χ1) is 8.16.